The summed E-state index contributed by atoms with van der Waals surface area (Å²) in [5.74, 6) is -0.161. The van der Waals surface area contributed by atoms with Crippen LogP contribution in [0.5, 0.6) is 5.88 Å². The lowest BCUT2D eigenvalue weighted by atomic mass is 9.92. The van der Waals surface area contributed by atoms with E-state index in [4.69, 9.17) is 4.42 Å². The number of aromatic amines is 1. The first-order chi connectivity index (χ1) is 6.27. The molecule has 0 saturated carbocycles. The highest BCUT2D eigenvalue weighted by Crippen LogP contribution is 2.32. The molecule has 13 heavy (non-hydrogen) atoms. The van der Waals surface area contributed by atoms with E-state index in [1.165, 1.54) is 0 Å². The fraction of sp³-hybridized carbons (Fsp3) is 0.444. The Morgan fingerprint density at radius 3 is 2.92 bits per heavy atom. The van der Waals surface area contributed by atoms with Crippen LogP contribution in [0.3, 0.4) is 0 Å². The number of H-pyrrole nitrogens is 1. The zero-order valence-corrected chi connectivity index (χ0v) is 7.12. The number of aromatic hydroxyl groups is 1. The summed E-state index contributed by atoms with van der Waals surface area (Å²) in [4.78, 5) is 13.0. The third kappa shape index (κ3) is 1.52. The molecule has 1 aliphatic rings. The maximum atomic E-state index is 10.8. The van der Waals surface area contributed by atoms with Crippen LogP contribution >= 0.6 is 0 Å². The van der Waals surface area contributed by atoms with E-state index in [0.717, 1.165) is 19.3 Å². The molecule has 0 aromatic carbocycles. The Bertz CT molecular complexity index is 374. The molecule has 4 heteroatoms. The summed E-state index contributed by atoms with van der Waals surface area (Å²) < 4.78 is 4.86. The standard InChI is InChI=1S/C9H11NO3/c11-8-7(13-9(12)10-8)6-4-2-1-3-5-6/h1-2,6,11H,3-5H2,(H,10,12). The molecule has 1 heterocycles. The second-order valence-electron chi connectivity index (χ2n) is 3.21. The highest BCUT2D eigenvalue weighted by atomic mass is 16.4. The molecule has 1 aliphatic carbocycles. The molecule has 70 valence electrons. The zero-order chi connectivity index (χ0) is 9.26. The summed E-state index contributed by atoms with van der Waals surface area (Å²) >= 11 is 0. The van der Waals surface area contributed by atoms with Gasteiger partial charge in [-0.15, -0.1) is 0 Å². The van der Waals surface area contributed by atoms with Gasteiger partial charge in [-0.1, -0.05) is 12.2 Å². The van der Waals surface area contributed by atoms with E-state index in [1.807, 2.05) is 6.08 Å². The Balaban J connectivity index is 2.29. The minimum atomic E-state index is -0.581. The van der Waals surface area contributed by atoms with Crippen molar-refractivity contribution in [2.45, 2.75) is 25.2 Å². The molecule has 0 spiro atoms. The van der Waals surface area contributed by atoms with Crippen LogP contribution in [0.2, 0.25) is 0 Å². The number of hydrogen-bond acceptors (Lipinski definition) is 3. The summed E-state index contributed by atoms with van der Waals surface area (Å²) in [6, 6.07) is 0. The number of nitrogens with one attached hydrogen (secondary N) is 1. The Kier molecular flexibility index (Phi) is 1.96. The smallest absolute Gasteiger partial charge is 0.419 e. The van der Waals surface area contributed by atoms with Gasteiger partial charge in [0.05, 0.1) is 0 Å². The van der Waals surface area contributed by atoms with Crippen LogP contribution < -0.4 is 5.76 Å². The Hall–Kier alpha value is -1.45. The first kappa shape index (κ1) is 8.16. The van der Waals surface area contributed by atoms with Gasteiger partial charge in [0.15, 0.2) is 5.76 Å². The average Bonchev–Trinajstić information content (AvgIpc) is 2.47. The third-order valence-electron chi connectivity index (χ3n) is 2.30. The predicted molar refractivity (Wildman–Crippen MR) is 46.7 cm³/mol. The molecule has 2 rings (SSSR count). The maximum absolute atomic E-state index is 10.8. The molecule has 1 aromatic rings. The van der Waals surface area contributed by atoms with Crippen LogP contribution in [0.25, 0.3) is 0 Å². The van der Waals surface area contributed by atoms with Crippen molar-refractivity contribution >= 4 is 0 Å². The number of allylic oxidation sites excluding steroid dienone is 2. The molecule has 2 N–H and O–H groups in total. The van der Waals surface area contributed by atoms with Crippen molar-refractivity contribution in [1.82, 2.24) is 4.98 Å². The van der Waals surface area contributed by atoms with Gasteiger partial charge in [-0.3, -0.25) is 4.98 Å². The van der Waals surface area contributed by atoms with Crippen LogP contribution in [0.15, 0.2) is 21.4 Å². The number of rotatable bonds is 1. The van der Waals surface area contributed by atoms with Gasteiger partial charge < -0.3 is 9.52 Å². The van der Waals surface area contributed by atoms with E-state index in [9.17, 15) is 9.90 Å². The van der Waals surface area contributed by atoms with Crippen LogP contribution in [0.1, 0.15) is 30.9 Å². The fourth-order valence-corrected chi connectivity index (χ4v) is 1.64. The Labute approximate surface area is 74.9 Å². The van der Waals surface area contributed by atoms with Crippen LogP contribution in [0.4, 0.5) is 0 Å². The normalized spacial score (nSPS) is 22.0. The summed E-state index contributed by atoms with van der Waals surface area (Å²) in [7, 11) is 0. The van der Waals surface area contributed by atoms with Gasteiger partial charge in [-0.05, 0) is 19.3 Å². The van der Waals surface area contributed by atoms with Gasteiger partial charge in [0.25, 0.3) is 0 Å². The van der Waals surface area contributed by atoms with Crippen molar-refractivity contribution in [2.75, 3.05) is 0 Å². The summed E-state index contributed by atoms with van der Waals surface area (Å²) in [6.45, 7) is 0. The van der Waals surface area contributed by atoms with Crippen molar-refractivity contribution in [3.05, 3.63) is 28.5 Å². The second-order valence-corrected chi connectivity index (χ2v) is 3.21. The average molecular weight is 181 g/mol. The highest BCUT2D eigenvalue weighted by Gasteiger charge is 2.20. The number of oxazole rings is 1. The summed E-state index contributed by atoms with van der Waals surface area (Å²) in [5.41, 5.74) is 0. The lowest BCUT2D eigenvalue weighted by Gasteiger charge is -2.14. The summed E-state index contributed by atoms with van der Waals surface area (Å²) in [5, 5.41) is 9.31. The highest BCUT2D eigenvalue weighted by molar-refractivity contribution is 5.19. The van der Waals surface area contributed by atoms with Crippen molar-refractivity contribution in [2.24, 2.45) is 0 Å². The minimum Gasteiger partial charge on any atom is -0.492 e. The minimum absolute atomic E-state index is 0.120. The van der Waals surface area contributed by atoms with Crippen LogP contribution in [0, 0.1) is 0 Å². The molecule has 0 fully saturated rings. The predicted octanol–water partition coefficient (Wildman–Crippen LogP) is 1.50. The van der Waals surface area contributed by atoms with Crippen molar-refractivity contribution < 1.29 is 9.52 Å². The summed E-state index contributed by atoms with van der Waals surface area (Å²) in [6.07, 6.45) is 6.86. The topological polar surface area (TPSA) is 66.2 Å². The van der Waals surface area contributed by atoms with Gasteiger partial charge >= 0.3 is 5.76 Å². The maximum Gasteiger partial charge on any atom is 0.419 e. The van der Waals surface area contributed by atoms with E-state index in [0.29, 0.717) is 5.76 Å². The third-order valence-corrected chi connectivity index (χ3v) is 2.30. The number of hydrogen-bond donors (Lipinski definition) is 2. The van der Waals surface area contributed by atoms with Gasteiger partial charge in [0.1, 0.15) is 0 Å². The molecule has 0 bridgehead atoms. The molecule has 0 aliphatic heterocycles. The van der Waals surface area contributed by atoms with Crippen molar-refractivity contribution in [3.8, 4) is 5.88 Å². The Morgan fingerprint density at radius 2 is 2.38 bits per heavy atom. The largest absolute Gasteiger partial charge is 0.492 e. The Morgan fingerprint density at radius 1 is 1.54 bits per heavy atom. The molecule has 0 saturated heterocycles. The van der Waals surface area contributed by atoms with E-state index < -0.39 is 5.76 Å². The lowest BCUT2D eigenvalue weighted by Crippen LogP contribution is -2.00. The molecule has 4 nitrogen and oxygen atoms in total. The molecular weight excluding hydrogens is 170 g/mol. The van der Waals surface area contributed by atoms with Crippen molar-refractivity contribution in [1.29, 1.82) is 0 Å². The van der Waals surface area contributed by atoms with Gasteiger partial charge in [0, 0.05) is 5.92 Å². The van der Waals surface area contributed by atoms with Crippen LogP contribution in [-0.4, -0.2) is 10.1 Å². The molecule has 1 aromatic heterocycles. The van der Waals surface area contributed by atoms with E-state index in [-0.39, 0.29) is 11.8 Å². The van der Waals surface area contributed by atoms with E-state index in [1.54, 1.807) is 0 Å². The van der Waals surface area contributed by atoms with Crippen LogP contribution in [-0.2, 0) is 0 Å². The van der Waals surface area contributed by atoms with E-state index >= 15 is 0 Å². The number of aromatic nitrogens is 1. The molecular formula is C9H11NO3. The monoisotopic (exact) mass is 181 g/mol. The first-order valence-electron chi connectivity index (χ1n) is 4.34. The molecule has 1 unspecified atom stereocenters. The van der Waals surface area contributed by atoms with Crippen molar-refractivity contribution in [3.63, 3.8) is 0 Å². The quantitative estimate of drug-likeness (QED) is 0.645. The SMILES string of the molecule is O=c1[nH]c(O)c(C2CC=CCC2)o1. The lowest BCUT2D eigenvalue weighted by molar-refractivity contribution is 0.384. The van der Waals surface area contributed by atoms with Gasteiger partial charge in [-0.2, -0.15) is 0 Å². The first-order valence-corrected chi connectivity index (χ1v) is 4.34. The van der Waals surface area contributed by atoms with E-state index in [2.05, 4.69) is 11.1 Å². The van der Waals surface area contributed by atoms with Gasteiger partial charge in [0.2, 0.25) is 5.88 Å². The molecule has 0 radical (unpaired) electrons. The van der Waals surface area contributed by atoms with Gasteiger partial charge in [-0.25, -0.2) is 4.79 Å². The fourth-order valence-electron chi connectivity index (χ4n) is 1.64. The molecule has 1 atom stereocenters. The second kappa shape index (κ2) is 3.12. The zero-order valence-electron chi connectivity index (χ0n) is 7.12. The molecule has 0 amide bonds.